The monoisotopic (exact) mass is 307 g/mol. The second-order valence-electron chi connectivity index (χ2n) is 4.79. The first-order chi connectivity index (χ1) is 10.1. The van der Waals surface area contributed by atoms with Gasteiger partial charge in [-0.3, -0.25) is 9.00 Å². The summed E-state index contributed by atoms with van der Waals surface area (Å²) in [7, 11) is -0.971. The Labute approximate surface area is 123 Å². The van der Waals surface area contributed by atoms with Crippen molar-refractivity contribution in [1.82, 2.24) is 9.78 Å². The van der Waals surface area contributed by atoms with Gasteiger partial charge < -0.3 is 5.32 Å². The molecule has 0 fully saturated rings. The fourth-order valence-corrected chi connectivity index (χ4v) is 3.51. The molecule has 0 spiro atoms. The highest BCUT2D eigenvalue weighted by Crippen LogP contribution is 2.31. The van der Waals surface area contributed by atoms with Crippen LogP contribution in [0.3, 0.4) is 0 Å². The number of hydrogen-bond acceptors (Lipinski definition) is 3. The van der Waals surface area contributed by atoms with Gasteiger partial charge in [-0.25, -0.2) is 9.07 Å². The molecule has 2 heterocycles. The molecule has 0 unspecified atom stereocenters. The van der Waals surface area contributed by atoms with Crippen molar-refractivity contribution < 1.29 is 13.4 Å². The molecule has 5 nitrogen and oxygen atoms in total. The van der Waals surface area contributed by atoms with E-state index >= 15 is 0 Å². The highest BCUT2D eigenvalue weighted by Gasteiger charge is 2.28. The molecule has 7 heteroatoms. The Morgan fingerprint density at radius 3 is 2.76 bits per heavy atom. The Bertz CT molecular complexity index is 725. The van der Waals surface area contributed by atoms with Crippen molar-refractivity contribution in [2.24, 2.45) is 0 Å². The number of carbonyl (C=O) groups is 1. The van der Waals surface area contributed by atoms with Crippen molar-refractivity contribution >= 4 is 22.5 Å². The minimum Gasteiger partial charge on any atom is -0.310 e. The van der Waals surface area contributed by atoms with Crippen LogP contribution in [0.15, 0.2) is 24.3 Å². The minimum absolute atomic E-state index is 0.140. The summed E-state index contributed by atoms with van der Waals surface area (Å²) in [6.45, 7) is 1.76. The van der Waals surface area contributed by atoms with E-state index in [9.17, 15) is 13.4 Å². The summed E-state index contributed by atoms with van der Waals surface area (Å²) < 4.78 is 26.3. The number of carbonyl (C=O) groups excluding carboxylic acids is 1. The molecule has 1 aliphatic rings. The number of nitrogens with one attached hydrogen (secondary N) is 1. The maximum Gasteiger partial charge on any atom is 0.225 e. The van der Waals surface area contributed by atoms with Gasteiger partial charge in [0.2, 0.25) is 5.91 Å². The minimum atomic E-state index is -0.971. The van der Waals surface area contributed by atoms with Gasteiger partial charge in [0, 0.05) is 22.8 Å². The zero-order chi connectivity index (χ0) is 15.0. The van der Waals surface area contributed by atoms with Crippen LogP contribution in [0.4, 0.5) is 10.2 Å². The van der Waals surface area contributed by atoms with E-state index < -0.39 is 10.8 Å². The van der Waals surface area contributed by atoms with Crippen molar-refractivity contribution in [3.63, 3.8) is 0 Å². The van der Waals surface area contributed by atoms with Crippen molar-refractivity contribution in [3.8, 4) is 5.69 Å². The third kappa shape index (κ3) is 2.61. The summed E-state index contributed by atoms with van der Waals surface area (Å²) in [6, 6.07) is 5.86. The Hall–Kier alpha value is -2.02. The quantitative estimate of drug-likeness (QED) is 0.944. The lowest BCUT2D eigenvalue weighted by molar-refractivity contribution is -0.115. The van der Waals surface area contributed by atoms with Gasteiger partial charge in [0.15, 0.2) is 0 Å². The zero-order valence-electron chi connectivity index (χ0n) is 11.4. The number of rotatable bonds is 3. The van der Waals surface area contributed by atoms with Crippen LogP contribution in [0.1, 0.15) is 24.6 Å². The molecule has 110 valence electrons. The smallest absolute Gasteiger partial charge is 0.225 e. The molecule has 21 heavy (non-hydrogen) atoms. The molecule has 1 aromatic carbocycles. The van der Waals surface area contributed by atoms with E-state index in [0.29, 0.717) is 29.4 Å². The summed E-state index contributed by atoms with van der Waals surface area (Å²) in [4.78, 5) is 11.7. The van der Waals surface area contributed by atoms with Crippen LogP contribution in [0, 0.1) is 5.82 Å². The average molecular weight is 307 g/mol. The average Bonchev–Trinajstić information content (AvgIpc) is 2.97. The number of nitrogens with zero attached hydrogens (tertiary/aromatic N) is 2. The summed E-state index contributed by atoms with van der Waals surface area (Å²) in [5, 5.41) is 7.22. The fraction of sp³-hybridized carbons (Fsp3) is 0.286. The summed E-state index contributed by atoms with van der Waals surface area (Å²) in [6.07, 6.45) is 0.340. The van der Waals surface area contributed by atoms with Gasteiger partial charge in [-0.05, 0) is 24.3 Å². The normalized spacial score (nSPS) is 16.8. The van der Waals surface area contributed by atoms with Gasteiger partial charge in [0.25, 0.3) is 0 Å². The molecule has 0 bridgehead atoms. The number of hydrogen-bond donors (Lipinski definition) is 1. The largest absolute Gasteiger partial charge is 0.310 e. The van der Waals surface area contributed by atoms with Gasteiger partial charge >= 0.3 is 0 Å². The summed E-state index contributed by atoms with van der Waals surface area (Å²) >= 11 is 0. The Kier molecular flexibility index (Phi) is 3.59. The molecule has 1 aliphatic heterocycles. The first-order valence-corrected chi connectivity index (χ1v) is 8.09. The van der Waals surface area contributed by atoms with Gasteiger partial charge in [-0.15, -0.1) is 0 Å². The maximum absolute atomic E-state index is 13.0. The molecule has 1 amide bonds. The number of fused-ring (bicyclic) bond motifs is 1. The molecule has 1 N–H and O–H groups in total. The summed E-state index contributed by atoms with van der Waals surface area (Å²) in [5.74, 6) is 0.834. The van der Waals surface area contributed by atoms with Crippen molar-refractivity contribution in [3.05, 3.63) is 41.3 Å². The molecule has 3 rings (SSSR count). The number of anilines is 1. The predicted molar refractivity (Wildman–Crippen MR) is 78.0 cm³/mol. The van der Waals surface area contributed by atoms with Gasteiger partial charge in [-0.2, -0.15) is 5.10 Å². The topological polar surface area (TPSA) is 64.0 Å². The second kappa shape index (κ2) is 5.40. The van der Waals surface area contributed by atoms with Crippen LogP contribution < -0.4 is 5.32 Å². The fourth-order valence-electron chi connectivity index (χ4n) is 2.25. The van der Waals surface area contributed by atoms with Crippen LogP contribution in [-0.4, -0.2) is 19.9 Å². The molecular weight excluding hydrogens is 293 g/mol. The van der Waals surface area contributed by atoms with E-state index in [-0.39, 0.29) is 11.7 Å². The molecule has 0 saturated heterocycles. The Balaban J connectivity index is 2.08. The lowest BCUT2D eigenvalue weighted by Crippen LogP contribution is -2.15. The molecule has 2 aromatic rings. The number of amides is 1. The number of aromatic nitrogens is 2. The lowest BCUT2D eigenvalue weighted by Gasteiger charge is -2.10. The Morgan fingerprint density at radius 1 is 1.38 bits per heavy atom. The van der Waals surface area contributed by atoms with Crippen LogP contribution in [0.5, 0.6) is 0 Å². The van der Waals surface area contributed by atoms with E-state index in [1.807, 2.05) is 0 Å². The molecule has 0 radical (unpaired) electrons. The highest BCUT2D eigenvalue weighted by atomic mass is 32.2. The number of halogens is 1. The van der Waals surface area contributed by atoms with E-state index in [2.05, 4.69) is 10.4 Å². The molecule has 0 aliphatic carbocycles. The SMILES string of the molecule is CCC(=O)Nc1c2c(nn1-c1ccc(F)cc1)C[S@](=O)C2. The zero-order valence-corrected chi connectivity index (χ0v) is 12.2. The van der Waals surface area contributed by atoms with Crippen LogP contribution in [-0.2, 0) is 27.1 Å². The van der Waals surface area contributed by atoms with Gasteiger partial charge in [0.1, 0.15) is 11.6 Å². The van der Waals surface area contributed by atoms with Crippen LogP contribution >= 0.6 is 0 Å². The predicted octanol–water partition coefficient (Wildman–Crippen LogP) is 2.12. The lowest BCUT2D eigenvalue weighted by atomic mass is 10.2. The highest BCUT2D eigenvalue weighted by molar-refractivity contribution is 7.83. The Morgan fingerprint density at radius 2 is 2.10 bits per heavy atom. The van der Waals surface area contributed by atoms with Crippen LogP contribution in [0.25, 0.3) is 5.69 Å². The van der Waals surface area contributed by atoms with Gasteiger partial charge in [0.05, 0.1) is 22.9 Å². The van der Waals surface area contributed by atoms with Crippen LogP contribution in [0.2, 0.25) is 0 Å². The van der Waals surface area contributed by atoms with E-state index in [1.54, 1.807) is 23.7 Å². The van der Waals surface area contributed by atoms with Crippen molar-refractivity contribution in [2.45, 2.75) is 24.9 Å². The molecule has 1 aromatic heterocycles. The molecular formula is C14H14FN3O2S. The third-order valence-corrected chi connectivity index (χ3v) is 4.53. The second-order valence-corrected chi connectivity index (χ2v) is 6.25. The molecule has 0 saturated carbocycles. The first kappa shape index (κ1) is 13.9. The van der Waals surface area contributed by atoms with Crippen molar-refractivity contribution in [1.29, 1.82) is 0 Å². The van der Waals surface area contributed by atoms with E-state index in [1.165, 1.54) is 12.1 Å². The third-order valence-electron chi connectivity index (χ3n) is 3.32. The van der Waals surface area contributed by atoms with E-state index in [4.69, 9.17) is 0 Å². The maximum atomic E-state index is 13.0. The van der Waals surface area contributed by atoms with Gasteiger partial charge in [-0.1, -0.05) is 6.92 Å². The summed E-state index contributed by atoms with van der Waals surface area (Å²) in [5.41, 5.74) is 2.19. The first-order valence-electron chi connectivity index (χ1n) is 6.60. The molecule has 1 atom stereocenters. The standard InChI is InChI=1S/C14H14FN3O2S/c1-2-13(19)16-14-11-7-21(20)8-12(11)17-18(14)10-5-3-9(15)4-6-10/h3-6H,2,7-8H2,1H3,(H,16,19)/t21-/m1/s1. The van der Waals surface area contributed by atoms with E-state index in [0.717, 1.165) is 11.3 Å². The number of benzene rings is 1. The van der Waals surface area contributed by atoms with Crippen molar-refractivity contribution in [2.75, 3.05) is 5.32 Å².